The zero-order valence-corrected chi connectivity index (χ0v) is 13.9. The van der Waals surface area contributed by atoms with Gasteiger partial charge in [0.25, 0.3) is 0 Å². The van der Waals surface area contributed by atoms with E-state index in [0.29, 0.717) is 6.54 Å². The Morgan fingerprint density at radius 2 is 2.09 bits per heavy atom. The zero-order valence-electron chi connectivity index (χ0n) is 13.1. The Labute approximate surface area is 138 Å². The molecule has 1 aliphatic heterocycles. The minimum absolute atomic E-state index is 0. The van der Waals surface area contributed by atoms with Crippen molar-refractivity contribution in [3.63, 3.8) is 0 Å². The highest BCUT2D eigenvalue weighted by Gasteiger charge is 2.30. The smallest absolute Gasteiger partial charge is 0.249 e. The second-order valence-electron chi connectivity index (χ2n) is 5.30. The first-order chi connectivity index (χ1) is 10.2. The summed E-state index contributed by atoms with van der Waals surface area (Å²) in [4.78, 5) is 12.3. The fraction of sp³-hybridized carbons (Fsp3) is 0.562. The molecule has 6 heteroatoms. The Hall–Kier alpha value is -1.30. The van der Waals surface area contributed by atoms with Crippen LogP contribution in [0.3, 0.4) is 0 Å². The molecule has 1 unspecified atom stereocenters. The van der Waals surface area contributed by atoms with Gasteiger partial charge in [-0.15, -0.1) is 12.4 Å². The number of rotatable bonds is 6. The molecule has 0 aliphatic carbocycles. The summed E-state index contributed by atoms with van der Waals surface area (Å²) in [5, 5.41) is 3.06. The third-order valence-corrected chi connectivity index (χ3v) is 3.91. The van der Waals surface area contributed by atoms with Crippen molar-refractivity contribution in [1.29, 1.82) is 0 Å². The van der Waals surface area contributed by atoms with E-state index in [1.807, 2.05) is 31.2 Å². The number of benzene rings is 1. The summed E-state index contributed by atoms with van der Waals surface area (Å²) >= 11 is 0. The molecule has 1 amide bonds. The second kappa shape index (κ2) is 8.98. The largest absolute Gasteiger partial charge is 0.497 e. The summed E-state index contributed by atoms with van der Waals surface area (Å²) in [6, 6.07) is 7.75. The van der Waals surface area contributed by atoms with Gasteiger partial charge in [0.1, 0.15) is 11.9 Å². The highest BCUT2D eigenvalue weighted by atomic mass is 35.5. The summed E-state index contributed by atoms with van der Waals surface area (Å²) < 4.78 is 10.8. The molecular formula is C16H25ClN2O3. The van der Waals surface area contributed by atoms with Crippen molar-refractivity contribution in [2.75, 3.05) is 13.7 Å². The second-order valence-corrected chi connectivity index (χ2v) is 5.30. The number of nitrogens with one attached hydrogen (secondary N) is 1. The molecule has 0 saturated carbocycles. The number of ether oxygens (including phenoxy) is 2. The maximum atomic E-state index is 12.3. The lowest BCUT2D eigenvalue weighted by molar-refractivity contribution is -0.132. The van der Waals surface area contributed by atoms with Crippen LogP contribution in [0.4, 0.5) is 0 Å². The Morgan fingerprint density at radius 1 is 1.41 bits per heavy atom. The van der Waals surface area contributed by atoms with Crippen molar-refractivity contribution in [2.45, 2.75) is 44.4 Å². The van der Waals surface area contributed by atoms with E-state index in [9.17, 15) is 4.79 Å². The number of hydrogen-bond acceptors (Lipinski definition) is 4. The topological polar surface area (TPSA) is 73.6 Å². The van der Waals surface area contributed by atoms with Gasteiger partial charge >= 0.3 is 0 Å². The average Bonchev–Trinajstić information content (AvgIpc) is 3.01. The lowest BCUT2D eigenvalue weighted by Crippen LogP contribution is -2.37. The Morgan fingerprint density at radius 3 is 2.59 bits per heavy atom. The van der Waals surface area contributed by atoms with Crippen molar-refractivity contribution in [1.82, 2.24) is 5.32 Å². The molecule has 0 aromatic heterocycles. The molecule has 1 saturated heterocycles. The first-order valence-corrected chi connectivity index (χ1v) is 7.47. The molecular weight excluding hydrogens is 304 g/mol. The van der Waals surface area contributed by atoms with Gasteiger partial charge in [0.2, 0.25) is 5.91 Å². The van der Waals surface area contributed by atoms with E-state index < -0.39 is 0 Å². The molecule has 1 fully saturated rings. The number of hydrogen-bond donors (Lipinski definition) is 2. The summed E-state index contributed by atoms with van der Waals surface area (Å²) in [5.41, 5.74) is 6.64. The van der Waals surface area contributed by atoms with Crippen LogP contribution in [-0.2, 0) is 9.53 Å². The van der Waals surface area contributed by atoms with Gasteiger partial charge in [0.05, 0.1) is 19.3 Å². The zero-order chi connectivity index (χ0) is 15.2. The molecule has 3 atom stereocenters. The maximum absolute atomic E-state index is 12.3. The van der Waals surface area contributed by atoms with Crippen LogP contribution in [0.5, 0.6) is 5.75 Å². The molecule has 5 nitrogen and oxygen atoms in total. The third kappa shape index (κ3) is 4.60. The molecule has 1 aromatic carbocycles. The van der Waals surface area contributed by atoms with Crippen molar-refractivity contribution >= 4 is 18.3 Å². The highest BCUT2D eigenvalue weighted by Crippen LogP contribution is 2.23. The van der Waals surface area contributed by atoms with Crippen LogP contribution in [0, 0.1) is 0 Å². The monoisotopic (exact) mass is 328 g/mol. The highest BCUT2D eigenvalue weighted by molar-refractivity contribution is 5.85. The van der Waals surface area contributed by atoms with E-state index in [-0.39, 0.29) is 36.6 Å². The lowest BCUT2D eigenvalue weighted by atomic mass is 10.0. The maximum Gasteiger partial charge on any atom is 0.249 e. The first kappa shape index (κ1) is 18.7. The van der Waals surface area contributed by atoms with Crippen molar-refractivity contribution in [2.24, 2.45) is 5.73 Å². The van der Waals surface area contributed by atoms with Crippen molar-refractivity contribution in [3.8, 4) is 5.75 Å². The number of amides is 1. The van der Waals surface area contributed by atoms with E-state index in [2.05, 4.69) is 5.32 Å². The van der Waals surface area contributed by atoms with Crippen molar-refractivity contribution < 1.29 is 14.3 Å². The van der Waals surface area contributed by atoms with E-state index >= 15 is 0 Å². The molecule has 1 heterocycles. The van der Waals surface area contributed by atoms with Gasteiger partial charge in [0, 0.05) is 6.54 Å². The molecule has 0 bridgehead atoms. The van der Waals surface area contributed by atoms with Gasteiger partial charge in [-0.05, 0) is 37.0 Å². The predicted molar refractivity (Wildman–Crippen MR) is 88.4 cm³/mol. The molecule has 124 valence electrons. The molecule has 0 spiro atoms. The van der Waals surface area contributed by atoms with Crippen LogP contribution in [-0.4, -0.2) is 31.8 Å². The quantitative estimate of drug-likeness (QED) is 0.839. The van der Waals surface area contributed by atoms with Gasteiger partial charge < -0.3 is 20.5 Å². The van der Waals surface area contributed by atoms with Gasteiger partial charge in [-0.2, -0.15) is 0 Å². The SMILES string of the molecule is CCC(NC(=O)[C@@H]1CC[C@H](CN)O1)c1ccc(OC)cc1.Cl. The average molecular weight is 329 g/mol. The van der Waals surface area contributed by atoms with E-state index in [1.165, 1.54) is 0 Å². The lowest BCUT2D eigenvalue weighted by Gasteiger charge is -2.20. The summed E-state index contributed by atoms with van der Waals surface area (Å²) in [7, 11) is 1.64. The third-order valence-electron chi connectivity index (χ3n) is 3.91. The number of methoxy groups -OCH3 is 1. The minimum Gasteiger partial charge on any atom is -0.497 e. The summed E-state index contributed by atoms with van der Waals surface area (Å²) in [6.45, 7) is 2.52. The fourth-order valence-corrected chi connectivity index (χ4v) is 2.59. The van der Waals surface area contributed by atoms with Crippen LogP contribution >= 0.6 is 12.4 Å². The normalized spacial score (nSPS) is 21.8. The molecule has 1 aromatic rings. The van der Waals surface area contributed by atoms with Gasteiger partial charge in [-0.1, -0.05) is 19.1 Å². The van der Waals surface area contributed by atoms with Crippen LogP contribution in [0.15, 0.2) is 24.3 Å². The number of nitrogens with two attached hydrogens (primary N) is 1. The predicted octanol–water partition coefficient (Wildman–Crippen LogP) is 2.19. The number of carbonyl (C=O) groups excluding carboxylic acids is 1. The van der Waals surface area contributed by atoms with Crippen LogP contribution in [0.2, 0.25) is 0 Å². The summed E-state index contributed by atoms with van der Waals surface area (Å²) in [6.07, 6.45) is 2.07. The summed E-state index contributed by atoms with van der Waals surface area (Å²) in [5.74, 6) is 0.762. The molecule has 2 rings (SSSR count). The molecule has 1 aliphatic rings. The Bertz CT molecular complexity index is 467. The Kier molecular flexibility index (Phi) is 7.65. The standard InChI is InChI=1S/C16H24N2O3.ClH/c1-3-14(11-4-6-12(20-2)7-5-11)18-16(19)15-9-8-13(10-17)21-15;/h4-7,13-15H,3,8-10,17H2,1-2H3,(H,18,19);1H/t13-,14?,15+;/m1./s1. The van der Waals surface area contributed by atoms with Gasteiger partial charge in [-0.25, -0.2) is 0 Å². The van der Waals surface area contributed by atoms with E-state index in [4.69, 9.17) is 15.2 Å². The van der Waals surface area contributed by atoms with Gasteiger partial charge in [0.15, 0.2) is 0 Å². The van der Waals surface area contributed by atoms with E-state index in [1.54, 1.807) is 7.11 Å². The van der Waals surface area contributed by atoms with Crippen LogP contribution < -0.4 is 15.8 Å². The first-order valence-electron chi connectivity index (χ1n) is 7.47. The van der Waals surface area contributed by atoms with Crippen molar-refractivity contribution in [3.05, 3.63) is 29.8 Å². The van der Waals surface area contributed by atoms with Crippen LogP contribution in [0.25, 0.3) is 0 Å². The number of halogens is 1. The fourth-order valence-electron chi connectivity index (χ4n) is 2.59. The van der Waals surface area contributed by atoms with E-state index in [0.717, 1.165) is 30.6 Å². The minimum atomic E-state index is -0.370. The van der Waals surface area contributed by atoms with Crippen LogP contribution in [0.1, 0.15) is 37.8 Å². The Balaban J connectivity index is 0.00000242. The molecule has 22 heavy (non-hydrogen) atoms. The van der Waals surface area contributed by atoms with Gasteiger partial charge in [-0.3, -0.25) is 4.79 Å². The molecule has 0 radical (unpaired) electrons. The number of carbonyl (C=O) groups is 1. The molecule has 3 N–H and O–H groups in total.